The molecule has 0 aromatic rings. The van der Waals surface area contributed by atoms with Crippen molar-refractivity contribution < 1.29 is 29.1 Å². The Kier molecular flexibility index (Phi) is 13.0. The van der Waals surface area contributed by atoms with Crippen molar-refractivity contribution in [3.05, 3.63) is 0 Å². The third kappa shape index (κ3) is 22.7. The molecule has 0 aliphatic heterocycles. The Morgan fingerprint density at radius 2 is 1.64 bits per heavy atom. The van der Waals surface area contributed by atoms with Gasteiger partial charge in [0.2, 0.25) is 0 Å². The zero-order valence-corrected chi connectivity index (χ0v) is 8.98. The van der Waals surface area contributed by atoms with Gasteiger partial charge in [0, 0.05) is 13.1 Å². The Labute approximate surface area is 83.0 Å². The predicted octanol–water partition coefficient (Wildman–Crippen LogP) is -1.32. The van der Waals surface area contributed by atoms with E-state index < -0.39 is 7.82 Å². The second kappa shape index (κ2) is 11.1. The predicted molar refractivity (Wildman–Crippen MR) is 50.7 cm³/mol. The monoisotopic (exact) mass is 231 g/mol. The molecule has 0 aliphatic rings. The standard InChI is InChI=1S/C4H11NO2.C2H7O4P/c6-3-1-5-2-4-7;1-2-6-7(3,4)5/h5-7H,1-4H2;2H2,1H3,(H2,3,4,5). The highest BCUT2D eigenvalue weighted by atomic mass is 31.2. The molecule has 0 atom stereocenters. The van der Waals surface area contributed by atoms with Crippen molar-refractivity contribution in [2.75, 3.05) is 32.9 Å². The van der Waals surface area contributed by atoms with Crippen molar-refractivity contribution in [3.8, 4) is 0 Å². The fourth-order valence-corrected chi connectivity index (χ4v) is 0.788. The summed E-state index contributed by atoms with van der Waals surface area (Å²) in [6, 6.07) is 0. The van der Waals surface area contributed by atoms with Crippen LogP contribution in [0.5, 0.6) is 0 Å². The smallest absolute Gasteiger partial charge is 0.395 e. The molecule has 0 rings (SSSR count). The maximum atomic E-state index is 9.70. The number of aliphatic hydroxyl groups is 2. The Hall–Kier alpha value is -0.0100. The lowest BCUT2D eigenvalue weighted by atomic mass is 10.6. The van der Waals surface area contributed by atoms with Gasteiger partial charge >= 0.3 is 7.82 Å². The van der Waals surface area contributed by atoms with E-state index in [1.807, 2.05) is 0 Å². The normalized spacial score (nSPS) is 10.6. The first-order valence-corrected chi connectivity index (χ1v) is 5.63. The summed E-state index contributed by atoms with van der Waals surface area (Å²) in [7, 11) is -4.17. The Morgan fingerprint density at radius 1 is 1.21 bits per heavy atom. The highest BCUT2D eigenvalue weighted by Crippen LogP contribution is 2.34. The molecule has 0 bridgehead atoms. The fourth-order valence-electron chi connectivity index (χ4n) is 0.451. The van der Waals surface area contributed by atoms with Crippen molar-refractivity contribution in [1.82, 2.24) is 5.32 Å². The quantitative estimate of drug-likeness (QED) is 0.284. The molecule has 0 spiro atoms. The summed E-state index contributed by atoms with van der Waals surface area (Å²) in [5.41, 5.74) is 0. The van der Waals surface area contributed by atoms with E-state index in [0.29, 0.717) is 13.1 Å². The van der Waals surface area contributed by atoms with Gasteiger partial charge < -0.3 is 25.3 Å². The number of hydrogen-bond donors (Lipinski definition) is 5. The van der Waals surface area contributed by atoms with E-state index in [-0.39, 0.29) is 19.8 Å². The Morgan fingerprint density at radius 3 is 1.79 bits per heavy atom. The molecule has 88 valence electrons. The van der Waals surface area contributed by atoms with Crippen LogP contribution in [0.15, 0.2) is 0 Å². The molecule has 0 saturated carbocycles. The minimum atomic E-state index is -4.17. The molecule has 0 amide bonds. The van der Waals surface area contributed by atoms with Crippen LogP contribution in [0, 0.1) is 0 Å². The maximum absolute atomic E-state index is 9.70. The van der Waals surface area contributed by atoms with Crippen molar-refractivity contribution in [1.29, 1.82) is 0 Å². The maximum Gasteiger partial charge on any atom is 0.469 e. The van der Waals surface area contributed by atoms with Gasteiger partial charge in [0.15, 0.2) is 0 Å². The third-order valence-electron chi connectivity index (χ3n) is 0.874. The summed E-state index contributed by atoms with van der Waals surface area (Å²) in [6.45, 7) is 2.98. The van der Waals surface area contributed by atoms with Crippen LogP contribution in [-0.4, -0.2) is 52.9 Å². The number of phosphoric ester groups is 1. The van der Waals surface area contributed by atoms with Gasteiger partial charge in [-0.25, -0.2) is 4.57 Å². The number of nitrogens with one attached hydrogen (secondary N) is 1. The molecule has 8 heteroatoms. The highest BCUT2D eigenvalue weighted by molar-refractivity contribution is 7.46. The van der Waals surface area contributed by atoms with Gasteiger partial charge in [0.1, 0.15) is 0 Å². The SMILES string of the molecule is CCOP(=O)(O)O.OCCNCCO. The van der Waals surface area contributed by atoms with E-state index >= 15 is 0 Å². The minimum Gasteiger partial charge on any atom is -0.395 e. The van der Waals surface area contributed by atoms with Gasteiger partial charge in [-0.3, -0.25) is 4.52 Å². The first-order valence-electron chi connectivity index (χ1n) is 4.10. The lowest BCUT2D eigenvalue weighted by molar-refractivity contribution is 0.206. The molecule has 7 nitrogen and oxygen atoms in total. The van der Waals surface area contributed by atoms with Crippen LogP contribution in [0.25, 0.3) is 0 Å². The third-order valence-corrected chi connectivity index (χ3v) is 1.47. The van der Waals surface area contributed by atoms with Crippen LogP contribution in [-0.2, 0) is 9.09 Å². The van der Waals surface area contributed by atoms with Gasteiger partial charge in [-0.15, -0.1) is 0 Å². The largest absolute Gasteiger partial charge is 0.469 e. The average molecular weight is 231 g/mol. The van der Waals surface area contributed by atoms with Gasteiger partial charge in [-0.1, -0.05) is 0 Å². The minimum absolute atomic E-state index is 0.0459. The van der Waals surface area contributed by atoms with Crippen LogP contribution < -0.4 is 5.32 Å². The van der Waals surface area contributed by atoms with E-state index in [0.717, 1.165) is 0 Å². The van der Waals surface area contributed by atoms with Gasteiger partial charge in [0.05, 0.1) is 19.8 Å². The fraction of sp³-hybridized carbons (Fsp3) is 1.00. The molecule has 0 aromatic heterocycles. The van der Waals surface area contributed by atoms with E-state index in [4.69, 9.17) is 20.0 Å². The average Bonchev–Trinajstić information content (AvgIpc) is 2.04. The first-order chi connectivity index (χ1) is 6.47. The van der Waals surface area contributed by atoms with Crippen molar-refractivity contribution in [3.63, 3.8) is 0 Å². The van der Waals surface area contributed by atoms with Crippen LogP contribution >= 0.6 is 7.82 Å². The van der Waals surface area contributed by atoms with Gasteiger partial charge in [-0.05, 0) is 6.92 Å². The van der Waals surface area contributed by atoms with Gasteiger partial charge in [-0.2, -0.15) is 0 Å². The number of hydrogen-bond acceptors (Lipinski definition) is 5. The second-order valence-electron chi connectivity index (χ2n) is 2.11. The van der Waals surface area contributed by atoms with Crippen LogP contribution in [0.3, 0.4) is 0 Å². The summed E-state index contributed by atoms with van der Waals surface area (Å²) < 4.78 is 13.6. The lowest BCUT2D eigenvalue weighted by Crippen LogP contribution is -2.21. The lowest BCUT2D eigenvalue weighted by Gasteiger charge is -1.98. The molecular formula is C6H18NO6P. The molecule has 0 radical (unpaired) electrons. The first kappa shape index (κ1) is 16.4. The van der Waals surface area contributed by atoms with Crippen LogP contribution in [0.4, 0.5) is 0 Å². The van der Waals surface area contributed by atoms with Crippen molar-refractivity contribution in [2.24, 2.45) is 0 Å². The number of phosphoric acid groups is 1. The molecule has 5 N–H and O–H groups in total. The molecule has 0 saturated heterocycles. The highest BCUT2D eigenvalue weighted by Gasteiger charge is 2.10. The zero-order valence-electron chi connectivity index (χ0n) is 8.09. The molecule has 0 aromatic carbocycles. The summed E-state index contributed by atoms with van der Waals surface area (Å²) >= 11 is 0. The molecule has 0 fully saturated rings. The molecule has 0 heterocycles. The summed E-state index contributed by atoms with van der Waals surface area (Å²) in [6.07, 6.45) is 0. The zero-order chi connectivity index (χ0) is 11.4. The topological polar surface area (TPSA) is 119 Å². The Balaban J connectivity index is 0. The van der Waals surface area contributed by atoms with Crippen molar-refractivity contribution >= 4 is 7.82 Å². The molecule has 0 unspecified atom stereocenters. The number of aliphatic hydroxyl groups excluding tert-OH is 2. The van der Waals surface area contributed by atoms with E-state index in [1.165, 1.54) is 6.92 Å². The number of rotatable bonds is 6. The summed E-state index contributed by atoms with van der Waals surface area (Å²) in [5, 5.41) is 19.1. The summed E-state index contributed by atoms with van der Waals surface area (Å²) in [4.78, 5) is 15.8. The van der Waals surface area contributed by atoms with E-state index in [9.17, 15) is 4.57 Å². The van der Waals surface area contributed by atoms with Gasteiger partial charge in [0.25, 0.3) is 0 Å². The molecule has 0 aliphatic carbocycles. The van der Waals surface area contributed by atoms with E-state index in [2.05, 4.69) is 9.84 Å². The second-order valence-corrected chi connectivity index (χ2v) is 3.34. The summed E-state index contributed by atoms with van der Waals surface area (Å²) in [5.74, 6) is 0. The van der Waals surface area contributed by atoms with E-state index in [1.54, 1.807) is 0 Å². The molecular weight excluding hydrogens is 213 g/mol. The van der Waals surface area contributed by atoms with Crippen LogP contribution in [0.1, 0.15) is 6.92 Å². The Bertz CT molecular complexity index is 145. The van der Waals surface area contributed by atoms with Crippen molar-refractivity contribution in [2.45, 2.75) is 6.92 Å². The van der Waals surface area contributed by atoms with Crippen LogP contribution in [0.2, 0.25) is 0 Å². The molecule has 14 heavy (non-hydrogen) atoms.